The summed E-state index contributed by atoms with van der Waals surface area (Å²) in [4.78, 5) is 58.2. The molecule has 1 aromatic rings. The number of methoxy groups -OCH3 is 1. The van der Waals surface area contributed by atoms with Crippen molar-refractivity contribution in [3.05, 3.63) is 35.1 Å². The Balaban J connectivity index is 0.000000617. The number of carbonyl (C=O) groups is 5. The number of piperidine rings is 1. The Labute approximate surface area is 257 Å². The van der Waals surface area contributed by atoms with Gasteiger partial charge in [-0.05, 0) is 44.1 Å². The first-order valence-corrected chi connectivity index (χ1v) is 13.7. The van der Waals surface area contributed by atoms with Gasteiger partial charge < -0.3 is 49.4 Å². The molecule has 5 N–H and O–H groups in total. The molecule has 1 aromatic carbocycles. The van der Waals surface area contributed by atoms with Crippen LogP contribution in [-0.2, 0) is 45.3 Å². The van der Waals surface area contributed by atoms with Gasteiger partial charge in [0, 0.05) is 18.0 Å². The van der Waals surface area contributed by atoms with Gasteiger partial charge in [0.15, 0.2) is 23.7 Å². The standard InChI is InChI=1S/C26H29NO12.C2HF3O2/c1-27-8-7-25-20-12-3-4-14(36-2)21(20)39-22(25)15(5-6-26(25,35)17(27)9-12)37-19(30)11-16(24(33)34)38-18(29)10-13(28)23(31)32;3-2(4,5)1(6)7/h3-5,13,16-17,22,28,35H,6-11H2,1-2H3,(H,31,32)(H,33,34);(H,6,7)/t13?,16?,17-,22+,25+,26-;/m1./s1. The molecule has 2 heterocycles. The molecule has 1 saturated heterocycles. The zero-order valence-corrected chi connectivity index (χ0v) is 24.3. The van der Waals surface area contributed by atoms with Gasteiger partial charge in [-0.3, -0.25) is 9.59 Å². The van der Waals surface area contributed by atoms with E-state index in [9.17, 15) is 47.7 Å². The Bertz CT molecular complexity index is 1480. The maximum absolute atomic E-state index is 12.9. The number of aliphatic carboxylic acids is 3. The summed E-state index contributed by atoms with van der Waals surface area (Å²) in [6, 6.07) is 3.54. The van der Waals surface area contributed by atoms with Crippen LogP contribution in [0, 0.1) is 0 Å². The molecular weight excluding hydrogens is 631 g/mol. The smallest absolute Gasteiger partial charge is 0.490 e. The quantitative estimate of drug-likeness (QED) is 0.225. The van der Waals surface area contributed by atoms with Crippen molar-refractivity contribution in [3.63, 3.8) is 0 Å². The van der Waals surface area contributed by atoms with Gasteiger partial charge >= 0.3 is 36.0 Å². The maximum atomic E-state index is 12.9. The van der Waals surface area contributed by atoms with E-state index in [1.165, 1.54) is 7.11 Å². The minimum Gasteiger partial charge on any atom is -0.493 e. The minimum atomic E-state index is -5.08. The highest BCUT2D eigenvalue weighted by Gasteiger charge is 2.72. The number of aliphatic hydroxyl groups is 2. The van der Waals surface area contributed by atoms with Gasteiger partial charge in [0.05, 0.1) is 31.0 Å². The summed E-state index contributed by atoms with van der Waals surface area (Å²) in [5.74, 6) is -7.38. The lowest BCUT2D eigenvalue weighted by Crippen LogP contribution is -2.74. The molecule has 2 unspecified atom stereocenters. The number of carboxylic acid groups (broad SMARTS) is 3. The van der Waals surface area contributed by atoms with Crippen molar-refractivity contribution < 1.29 is 81.6 Å². The Hall–Kier alpha value is -4.42. The number of likely N-dealkylation sites (N-methyl/N-ethyl adjacent to an activating group) is 1. The SMILES string of the molecule is COc1ccc2c3c1O[C@H]1C(OC(=O)CC(OC(=O)CC(O)C(=O)O)C(=O)O)=CC[C@@]4(O)[C@@H](C2)N(C)CC[C@]314.O=C(O)C(F)(F)F. The topological polar surface area (TPSA) is 227 Å². The van der Waals surface area contributed by atoms with Gasteiger partial charge in [-0.25, -0.2) is 14.4 Å². The van der Waals surface area contributed by atoms with E-state index in [-0.39, 0.29) is 18.2 Å². The number of nitrogens with zero attached hydrogens (tertiary/aromatic N) is 1. The molecule has 4 aliphatic rings. The van der Waals surface area contributed by atoms with Crippen molar-refractivity contribution in [2.24, 2.45) is 0 Å². The molecule has 2 aliphatic carbocycles. The number of alkyl halides is 3. The second-order valence-corrected chi connectivity index (χ2v) is 11.1. The van der Waals surface area contributed by atoms with Crippen molar-refractivity contribution in [2.45, 2.75) is 73.7 Å². The van der Waals surface area contributed by atoms with Crippen LogP contribution in [0.3, 0.4) is 0 Å². The molecule has 2 aliphatic heterocycles. The van der Waals surface area contributed by atoms with Gasteiger partial charge in [-0.1, -0.05) is 6.07 Å². The average Bonchev–Trinajstić information content (AvgIpc) is 3.31. The number of benzene rings is 1. The van der Waals surface area contributed by atoms with Crippen molar-refractivity contribution in [1.29, 1.82) is 0 Å². The third kappa shape index (κ3) is 5.94. The zero-order chi connectivity index (χ0) is 34.4. The van der Waals surface area contributed by atoms with E-state index in [0.717, 1.165) is 11.1 Å². The van der Waals surface area contributed by atoms with Crippen LogP contribution in [0.2, 0.25) is 0 Å². The lowest BCUT2D eigenvalue weighted by atomic mass is 9.50. The molecule has 0 saturated carbocycles. The van der Waals surface area contributed by atoms with Gasteiger partial charge in [-0.15, -0.1) is 0 Å². The van der Waals surface area contributed by atoms with E-state index in [4.69, 9.17) is 34.0 Å². The van der Waals surface area contributed by atoms with Crippen LogP contribution < -0.4 is 9.47 Å². The first-order valence-electron chi connectivity index (χ1n) is 13.7. The summed E-state index contributed by atoms with van der Waals surface area (Å²) in [5, 5.41) is 46.8. The second kappa shape index (κ2) is 12.4. The minimum absolute atomic E-state index is 0.107. The predicted octanol–water partition coefficient (Wildman–Crippen LogP) is 0.372. The van der Waals surface area contributed by atoms with Crippen LogP contribution >= 0.6 is 0 Å². The van der Waals surface area contributed by atoms with E-state index in [1.807, 2.05) is 13.1 Å². The third-order valence-electron chi connectivity index (χ3n) is 8.58. The molecule has 18 heteroatoms. The Morgan fingerprint density at radius 2 is 1.74 bits per heavy atom. The van der Waals surface area contributed by atoms with Crippen LogP contribution in [0.5, 0.6) is 11.5 Å². The molecule has 6 atom stereocenters. The van der Waals surface area contributed by atoms with E-state index in [0.29, 0.717) is 30.9 Å². The maximum Gasteiger partial charge on any atom is 0.490 e. The number of halogens is 3. The molecule has 2 bridgehead atoms. The molecular formula is C28H30F3NO14. The average molecular weight is 662 g/mol. The molecule has 1 spiro atoms. The number of esters is 2. The van der Waals surface area contributed by atoms with Crippen LogP contribution in [0.15, 0.2) is 24.0 Å². The van der Waals surface area contributed by atoms with Crippen molar-refractivity contribution in [2.75, 3.05) is 20.7 Å². The molecule has 0 radical (unpaired) electrons. The second-order valence-electron chi connectivity index (χ2n) is 11.1. The summed E-state index contributed by atoms with van der Waals surface area (Å²) in [6.45, 7) is 0.656. The highest BCUT2D eigenvalue weighted by molar-refractivity contribution is 5.85. The molecule has 1 fully saturated rings. The first-order chi connectivity index (χ1) is 21.4. The highest BCUT2D eigenvalue weighted by atomic mass is 19.4. The number of ether oxygens (including phenoxy) is 4. The van der Waals surface area contributed by atoms with Gasteiger partial charge in [0.25, 0.3) is 0 Å². The number of carbonyl (C=O) groups excluding carboxylic acids is 2. The fourth-order valence-corrected chi connectivity index (χ4v) is 6.54. The van der Waals surface area contributed by atoms with Gasteiger partial charge in [0.1, 0.15) is 5.76 Å². The van der Waals surface area contributed by atoms with E-state index in [2.05, 4.69) is 4.90 Å². The fourth-order valence-electron chi connectivity index (χ4n) is 6.54. The molecule has 15 nitrogen and oxygen atoms in total. The highest BCUT2D eigenvalue weighted by Crippen LogP contribution is 2.65. The molecule has 252 valence electrons. The number of aliphatic hydroxyl groups excluding tert-OH is 1. The van der Waals surface area contributed by atoms with Crippen LogP contribution in [-0.4, -0.2) is 117 Å². The summed E-state index contributed by atoms with van der Waals surface area (Å²) in [5.41, 5.74) is -0.328. The van der Waals surface area contributed by atoms with Crippen LogP contribution in [0.4, 0.5) is 13.2 Å². The van der Waals surface area contributed by atoms with Crippen molar-refractivity contribution in [3.8, 4) is 11.5 Å². The molecule has 0 aromatic heterocycles. The predicted molar refractivity (Wildman–Crippen MR) is 142 cm³/mol. The zero-order valence-electron chi connectivity index (χ0n) is 24.3. The number of hydrogen-bond donors (Lipinski definition) is 5. The number of rotatable bonds is 9. The molecule has 5 rings (SSSR count). The Morgan fingerprint density at radius 1 is 1.09 bits per heavy atom. The van der Waals surface area contributed by atoms with Crippen molar-refractivity contribution in [1.82, 2.24) is 4.90 Å². The molecule has 0 amide bonds. The number of carboxylic acids is 3. The monoisotopic (exact) mass is 661 g/mol. The van der Waals surface area contributed by atoms with Crippen molar-refractivity contribution >= 4 is 29.8 Å². The number of likely N-dealkylation sites (tertiary alicyclic amines) is 1. The summed E-state index contributed by atoms with van der Waals surface area (Å²) in [7, 11) is 3.46. The summed E-state index contributed by atoms with van der Waals surface area (Å²) < 4.78 is 53.9. The third-order valence-corrected chi connectivity index (χ3v) is 8.58. The van der Waals surface area contributed by atoms with E-state index >= 15 is 0 Å². The van der Waals surface area contributed by atoms with E-state index in [1.54, 1.807) is 12.1 Å². The first kappa shape index (κ1) is 34.5. The van der Waals surface area contributed by atoms with Crippen LogP contribution in [0.25, 0.3) is 0 Å². The van der Waals surface area contributed by atoms with E-state index < -0.39 is 78.2 Å². The fraction of sp³-hybridized carbons (Fsp3) is 0.536. The lowest BCUT2D eigenvalue weighted by molar-refractivity contribution is -0.192. The summed E-state index contributed by atoms with van der Waals surface area (Å²) in [6.07, 6.45) is -9.06. The Kier molecular flexibility index (Phi) is 9.29. The van der Waals surface area contributed by atoms with Gasteiger partial charge in [0.2, 0.25) is 6.10 Å². The lowest BCUT2D eigenvalue weighted by Gasteiger charge is -2.61. The normalized spacial score (nSPS) is 26.9. The van der Waals surface area contributed by atoms with Crippen LogP contribution in [0.1, 0.15) is 36.8 Å². The Morgan fingerprint density at radius 3 is 2.30 bits per heavy atom. The molecule has 46 heavy (non-hydrogen) atoms. The largest absolute Gasteiger partial charge is 0.493 e. The number of hydrogen-bond acceptors (Lipinski definition) is 12. The van der Waals surface area contributed by atoms with Gasteiger partial charge in [-0.2, -0.15) is 13.2 Å². The summed E-state index contributed by atoms with van der Waals surface area (Å²) >= 11 is 0.